The van der Waals surface area contributed by atoms with Crippen molar-refractivity contribution in [1.82, 2.24) is 5.32 Å². The summed E-state index contributed by atoms with van der Waals surface area (Å²) in [4.78, 5) is 0. The molecule has 1 saturated carbocycles. The van der Waals surface area contributed by atoms with E-state index in [0.717, 1.165) is 32.2 Å². The van der Waals surface area contributed by atoms with Gasteiger partial charge in [0.15, 0.2) is 0 Å². The number of hydrogen-bond acceptors (Lipinski definition) is 2. The molecule has 2 N–H and O–H groups in total. The van der Waals surface area contributed by atoms with Gasteiger partial charge in [-0.25, -0.2) is 0 Å². The van der Waals surface area contributed by atoms with Gasteiger partial charge in [-0.1, -0.05) is 38.1 Å². The van der Waals surface area contributed by atoms with Gasteiger partial charge in [0.25, 0.3) is 0 Å². The third kappa shape index (κ3) is 4.96. The van der Waals surface area contributed by atoms with Crippen LogP contribution in [0.3, 0.4) is 0 Å². The highest BCUT2D eigenvalue weighted by Crippen LogP contribution is 2.19. The Labute approximate surface area is 117 Å². The fourth-order valence-electron chi connectivity index (χ4n) is 2.88. The second kappa shape index (κ2) is 7.06. The minimum atomic E-state index is -0.0975. The van der Waals surface area contributed by atoms with Crippen molar-refractivity contribution in [2.45, 2.75) is 64.6 Å². The van der Waals surface area contributed by atoms with Crippen LogP contribution < -0.4 is 5.32 Å². The summed E-state index contributed by atoms with van der Waals surface area (Å²) in [6, 6.07) is 9.42. The predicted octanol–water partition coefficient (Wildman–Crippen LogP) is 3.28. The molecule has 106 valence electrons. The topological polar surface area (TPSA) is 32.3 Å². The molecular weight excluding hydrogens is 234 g/mol. The zero-order chi connectivity index (χ0) is 13.7. The van der Waals surface area contributed by atoms with Crippen molar-refractivity contribution in [1.29, 1.82) is 0 Å². The molecular formula is C17H27NO. The van der Waals surface area contributed by atoms with Gasteiger partial charge in [0.2, 0.25) is 0 Å². The molecule has 2 unspecified atom stereocenters. The van der Waals surface area contributed by atoms with Crippen LogP contribution in [-0.2, 0) is 13.0 Å². The molecule has 1 aromatic rings. The standard InChI is InChI=1S/C17H27NO/c1-13(2)10-14-6-8-15(9-7-14)12-18-16-4-3-5-17(19)11-16/h6-9,13,16-19H,3-5,10-12H2,1-2H3. The molecule has 19 heavy (non-hydrogen) atoms. The molecule has 0 saturated heterocycles. The van der Waals surface area contributed by atoms with Gasteiger partial charge in [-0.05, 0) is 49.1 Å². The molecule has 0 amide bonds. The van der Waals surface area contributed by atoms with Gasteiger partial charge in [-0.2, -0.15) is 0 Å². The van der Waals surface area contributed by atoms with Crippen LogP contribution in [0.1, 0.15) is 50.7 Å². The van der Waals surface area contributed by atoms with E-state index in [1.165, 1.54) is 17.5 Å². The second-order valence-electron chi connectivity index (χ2n) is 6.31. The molecule has 0 aromatic heterocycles. The summed E-state index contributed by atoms with van der Waals surface area (Å²) in [6.45, 7) is 5.42. The lowest BCUT2D eigenvalue weighted by atomic mass is 9.93. The highest BCUT2D eigenvalue weighted by atomic mass is 16.3. The van der Waals surface area contributed by atoms with Crippen LogP contribution in [0.4, 0.5) is 0 Å². The monoisotopic (exact) mass is 261 g/mol. The molecule has 1 aliphatic rings. The molecule has 2 rings (SSSR count). The Kier molecular flexibility index (Phi) is 5.41. The quantitative estimate of drug-likeness (QED) is 0.852. The number of aliphatic hydroxyl groups is 1. The van der Waals surface area contributed by atoms with E-state index in [-0.39, 0.29) is 6.10 Å². The number of benzene rings is 1. The van der Waals surface area contributed by atoms with Crippen LogP contribution in [0.15, 0.2) is 24.3 Å². The van der Waals surface area contributed by atoms with Gasteiger partial charge in [-0.15, -0.1) is 0 Å². The summed E-state index contributed by atoms with van der Waals surface area (Å²) in [6.07, 6.45) is 5.28. The summed E-state index contributed by atoms with van der Waals surface area (Å²) in [5.74, 6) is 0.715. The molecule has 1 fully saturated rings. The Bertz CT molecular complexity index is 371. The molecule has 1 aromatic carbocycles. The minimum absolute atomic E-state index is 0.0975. The van der Waals surface area contributed by atoms with E-state index in [1.54, 1.807) is 0 Å². The fraction of sp³-hybridized carbons (Fsp3) is 0.647. The van der Waals surface area contributed by atoms with E-state index in [9.17, 15) is 5.11 Å². The predicted molar refractivity (Wildman–Crippen MR) is 80.1 cm³/mol. The highest BCUT2D eigenvalue weighted by Gasteiger charge is 2.19. The third-order valence-corrected chi connectivity index (χ3v) is 3.91. The van der Waals surface area contributed by atoms with Gasteiger partial charge >= 0.3 is 0 Å². The molecule has 0 spiro atoms. The lowest BCUT2D eigenvalue weighted by Crippen LogP contribution is -2.35. The summed E-state index contributed by atoms with van der Waals surface area (Å²) < 4.78 is 0. The zero-order valence-electron chi connectivity index (χ0n) is 12.2. The van der Waals surface area contributed by atoms with Gasteiger partial charge in [0, 0.05) is 12.6 Å². The molecule has 1 aliphatic carbocycles. The van der Waals surface area contributed by atoms with Crippen molar-refractivity contribution in [2.24, 2.45) is 5.92 Å². The molecule has 0 bridgehead atoms. The molecule has 0 heterocycles. The SMILES string of the molecule is CC(C)Cc1ccc(CNC2CCCC(O)C2)cc1. The van der Waals surface area contributed by atoms with Crippen LogP contribution in [0, 0.1) is 5.92 Å². The van der Waals surface area contributed by atoms with Crippen molar-refractivity contribution >= 4 is 0 Å². The van der Waals surface area contributed by atoms with E-state index in [4.69, 9.17) is 0 Å². The van der Waals surface area contributed by atoms with Crippen LogP contribution in [0.25, 0.3) is 0 Å². The average molecular weight is 261 g/mol. The zero-order valence-corrected chi connectivity index (χ0v) is 12.2. The first-order valence-electron chi connectivity index (χ1n) is 7.62. The molecule has 2 nitrogen and oxygen atoms in total. The smallest absolute Gasteiger partial charge is 0.0555 e. The van der Waals surface area contributed by atoms with E-state index in [1.807, 2.05) is 0 Å². The second-order valence-corrected chi connectivity index (χ2v) is 6.31. The Morgan fingerprint density at radius 2 is 1.84 bits per heavy atom. The van der Waals surface area contributed by atoms with Crippen molar-refractivity contribution < 1.29 is 5.11 Å². The largest absolute Gasteiger partial charge is 0.393 e. The van der Waals surface area contributed by atoms with E-state index in [0.29, 0.717) is 12.0 Å². The normalized spacial score (nSPS) is 23.8. The lowest BCUT2D eigenvalue weighted by molar-refractivity contribution is 0.111. The van der Waals surface area contributed by atoms with Gasteiger partial charge in [0.05, 0.1) is 6.10 Å². The Hall–Kier alpha value is -0.860. The number of rotatable bonds is 5. The fourth-order valence-corrected chi connectivity index (χ4v) is 2.88. The Morgan fingerprint density at radius 3 is 2.47 bits per heavy atom. The van der Waals surface area contributed by atoms with Crippen molar-refractivity contribution in [2.75, 3.05) is 0 Å². The first-order chi connectivity index (χ1) is 9.13. The van der Waals surface area contributed by atoms with Crippen molar-refractivity contribution in [3.63, 3.8) is 0 Å². The van der Waals surface area contributed by atoms with Crippen LogP contribution in [0.5, 0.6) is 0 Å². The van der Waals surface area contributed by atoms with Gasteiger partial charge in [0.1, 0.15) is 0 Å². The first-order valence-corrected chi connectivity index (χ1v) is 7.62. The maximum Gasteiger partial charge on any atom is 0.0555 e. The minimum Gasteiger partial charge on any atom is -0.393 e. The Balaban J connectivity index is 1.79. The summed E-state index contributed by atoms with van der Waals surface area (Å²) in [5.41, 5.74) is 2.76. The van der Waals surface area contributed by atoms with Crippen LogP contribution in [0.2, 0.25) is 0 Å². The summed E-state index contributed by atoms with van der Waals surface area (Å²) in [5, 5.41) is 13.2. The molecule has 2 atom stereocenters. The maximum atomic E-state index is 9.66. The number of aliphatic hydroxyl groups excluding tert-OH is 1. The van der Waals surface area contributed by atoms with E-state index < -0.39 is 0 Å². The molecule has 0 radical (unpaired) electrons. The van der Waals surface area contributed by atoms with Crippen molar-refractivity contribution in [3.05, 3.63) is 35.4 Å². The number of nitrogens with one attached hydrogen (secondary N) is 1. The highest BCUT2D eigenvalue weighted by molar-refractivity contribution is 5.22. The maximum absolute atomic E-state index is 9.66. The number of hydrogen-bond donors (Lipinski definition) is 2. The Morgan fingerprint density at radius 1 is 1.16 bits per heavy atom. The molecule has 0 aliphatic heterocycles. The van der Waals surface area contributed by atoms with E-state index in [2.05, 4.69) is 43.4 Å². The molecule has 2 heteroatoms. The van der Waals surface area contributed by atoms with Crippen molar-refractivity contribution in [3.8, 4) is 0 Å². The van der Waals surface area contributed by atoms with E-state index >= 15 is 0 Å². The summed E-state index contributed by atoms with van der Waals surface area (Å²) in [7, 11) is 0. The summed E-state index contributed by atoms with van der Waals surface area (Å²) >= 11 is 0. The third-order valence-electron chi connectivity index (χ3n) is 3.91. The lowest BCUT2D eigenvalue weighted by Gasteiger charge is -2.26. The average Bonchev–Trinajstić information content (AvgIpc) is 2.37. The van der Waals surface area contributed by atoms with Gasteiger partial charge in [-0.3, -0.25) is 0 Å². The van der Waals surface area contributed by atoms with Gasteiger partial charge < -0.3 is 10.4 Å². The van der Waals surface area contributed by atoms with Crippen LogP contribution in [-0.4, -0.2) is 17.3 Å². The van der Waals surface area contributed by atoms with Crippen LogP contribution >= 0.6 is 0 Å². The first kappa shape index (κ1) is 14.5.